The Bertz CT molecular complexity index is 333. The van der Waals surface area contributed by atoms with E-state index in [4.69, 9.17) is 5.11 Å². The summed E-state index contributed by atoms with van der Waals surface area (Å²) in [5, 5.41) is 8.94. The van der Waals surface area contributed by atoms with Crippen molar-refractivity contribution in [3.05, 3.63) is 18.2 Å². The van der Waals surface area contributed by atoms with Crippen LogP contribution < -0.4 is 0 Å². The SMILES string of the molecule is Cc1nccn1CCN(CCCO)C1CCC1. The van der Waals surface area contributed by atoms with E-state index in [0.29, 0.717) is 6.61 Å². The lowest BCUT2D eigenvalue weighted by atomic mass is 9.91. The summed E-state index contributed by atoms with van der Waals surface area (Å²) in [6.07, 6.45) is 8.81. The van der Waals surface area contributed by atoms with Crippen LogP contribution in [0.5, 0.6) is 0 Å². The lowest BCUT2D eigenvalue weighted by Gasteiger charge is -2.37. The number of aromatic nitrogens is 2. The maximum absolute atomic E-state index is 8.94. The summed E-state index contributed by atoms with van der Waals surface area (Å²) in [6.45, 7) is 5.44. The van der Waals surface area contributed by atoms with Gasteiger partial charge in [-0.1, -0.05) is 6.42 Å². The number of nitrogens with zero attached hydrogens (tertiary/aromatic N) is 3. The lowest BCUT2D eigenvalue weighted by molar-refractivity contribution is 0.112. The van der Waals surface area contributed by atoms with E-state index in [9.17, 15) is 0 Å². The smallest absolute Gasteiger partial charge is 0.105 e. The molecule has 4 nitrogen and oxygen atoms in total. The summed E-state index contributed by atoms with van der Waals surface area (Å²) < 4.78 is 2.20. The number of rotatable bonds is 7. The average Bonchev–Trinajstić information content (AvgIpc) is 2.65. The summed E-state index contributed by atoms with van der Waals surface area (Å²) in [5.74, 6) is 1.08. The molecule has 1 aromatic heterocycles. The van der Waals surface area contributed by atoms with Gasteiger partial charge in [0.05, 0.1) is 0 Å². The fraction of sp³-hybridized carbons (Fsp3) is 0.769. The maximum Gasteiger partial charge on any atom is 0.105 e. The van der Waals surface area contributed by atoms with E-state index in [0.717, 1.165) is 37.9 Å². The van der Waals surface area contributed by atoms with E-state index in [-0.39, 0.29) is 0 Å². The van der Waals surface area contributed by atoms with Crippen molar-refractivity contribution >= 4 is 0 Å². The minimum Gasteiger partial charge on any atom is -0.396 e. The van der Waals surface area contributed by atoms with Crippen LogP contribution in [0, 0.1) is 6.92 Å². The van der Waals surface area contributed by atoms with Gasteiger partial charge in [-0.2, -0.15) is 0 Å². The average molecular weight is 237 g/mol. The predicted molar refractivity (Wildman–Crippen MR) is 67.9 cm³/mol. The van der Waals surface area contributed by atoms with Crippen molar-refractivity contribution in [2.24, 2.45) is 0 Å². The van der Waals surface area contributed by atoms with Crippen LogP contribution >= 0.6 is 0 Å². The summed E-state index contributed by atoms with van der Waals surface area (Å²) in [6, 6.07) is 0.755. The molecule has 1 aliphatic rings. The molecular weight excluding hydrogens is 214 g/mol. The van der Waals surface area contributed by atoms with Crippen molar-refractivity contribution < 1.29 is 5.11 Å². The van der Waals surface area contributed by atoms with E-state index in [1.165, 1.54) is 19.3 Å². The van der Waals surface area contributed by atoms with Gasteiger partial charge in [0.15, 0.2) is 0 Å². The monoisotopic (exact) mass is 237 g/mol. The molecule has 96 valence electrons. The second-order valence-electron chi connectivity index (χ2n) is 4.87. The molecule has 0 radical (unpaired) electrons. The first-order chi connectivity index (χ1) is 8.31. The van der Waals surface area contributed by atoms with Crippen molar-refractivity contribution in [1.82, 2.24) is 14.5 Å². The van der Waals surface area contributed by atoms with Gasteiger partial charge in [-0.25, -0.2) is 4.98 Å². The zero-order valence-corrected chi connectivity index (χ0v) is 10.7. The molecule has 1 saturated carbocycles. The highest BCUT2D eigenvalue weighted by Gasteiger charge is 2.24. The van der Waals surface area contributed by atoms with E-state index in [2.05, 4.69) is 14.5 Å². The van der Waals surface area contributed by atoms with Gasteiger partial charge in [-0.3, -0.25) is 4.90 Å². The van der Waals surface area contributed by atoms with Crippen molar-refractivity contribution in [2.45, 2.75) is 45.2 Å². The number of hydrogen-bond acceptors (Lipinski definition) is 3. The van der Waals surface area contributed by atoms with Crippen LogP contribution in [0.15, 0.2) is 12.4 Å². The van der Waals surface area contributed by atoms with E-state index >= 15 is 0 Å². The van der Waals surface area contributed by atoms with Crippen LogP contribution in [0.4, 0.5) is 0 Å². The van der Waals surface area contributed by atoms with Gasteiger partial charge in [-0.15, -0.1) is 0 Å². The number of aliphatic hydroxyl groups excluding tert-OH is 1. The molecule has 0 saturated heterocycles. The first kappa shape index (κ1) is 12.6. The summed E-state index contributed by atoms with van der Waals surface area (Å²) >= 11 is 0. The topological polar surface area (TPSA) is 41.3 Å². The van der Waals surface area contributed by atoms with E-state index in [1.54, 1.807) is 0 Å². The number of aliphatic hydroxyl groups is 1. The second kappa shape index (κ2) is 6.17. The zero-order valence-electron chi connectivity index (χ0n) is 10.7. The first-order valence-corrected chi connectivity index (χ1v) is 6.64. The fourth-order valence-corrected chi connectivity index (χ4v) is 2.38. The molecule has 0 unspecified atom stereocenters. The van der Waals surface area contributed by atoms with Crippen molar-refractivity contribution in [1.29, 1.82) is 0 Å². The number of aryl methyl sites for hydroxylation is 1. The standard InChI is InChI=1S/C13H23N3O/c1-12-14-6-8-15(12)9-10-16(7-3-11-17)13-4-2-5-13/h6,8,13,17H,2-5,7,9-11H2,1H3. The van der Waals surface area contributed by atoms with E-state index < -0.39 is 0 Å². The number of imidazole rings is 1. The van der Waals surface area contributed by atoms with Gasteiger partial charge in [0.2, 0.25) is 0 Å². The van der Waals surface area contributed by atoms with Crippen molar-refractivity contribution in [3.8, 4) is 0 Å². The molecule has 1 aromatic rings. The van der Waals surface area contributed by atoms with Gasteiger partial charge in [0, 0.05) is 44.7 Å². The first-order valence-electron chi connectivity index (χ1n) is 6.64. The molecule has 1 aliphatic carbocycles. The molecule has 17 heavy (non-hydrogen) atoms. The molecular formula is C13H23N3O. The van der Waals surface area contributed by atoms with Crippen LogP contribution in [0.1, 0.15) is 31.5 Å². The highest BCUT2D eigenvalue weighted by Crippen LogP contribution is 2.24. The molecule has 0 spiro atoms. The summed E-state index contributed by atoms with van der Waals surface area (Å²) in [4.78, 5) is 6.77. The zero-order chi connectivity index (χ0) is 12.1. The third-order valence-corrected chi connectivity index (χ3v) is 3.75. The third kappa shape index (κ3) is 3.30. The van der Waals surface area contributed by atoms with Gasteiger partial charge >= 0.3 is 0 Å². The molecule has 1 fully saturated rings. The minimum atomic E-state index is 0.299. The van der Waals surface area contributed by atoms with Gasteiger partial charge in [0.1, 0.15) is 5.82 Å². The summed E-state index contributed by atoms with van der Waals surface area (Å²) in [5.41, 5.74) is 0. The predicted octanol–water partition coefficient (Wildman–Crippen LogP) is 1.43. The molecule has 0 bridgehead atoms. The third-order valence-electron chi connectivity index (χ3n) is 3.75. The molecule has 1 heterocycles. The van der Waals surface area contributed by atoms with Crippen molar-refractivity contribution in [2.75, 3.05) is 19.7 Å². The lowest BCUT2D eigenvalue weighted by Crippen LogP contribution is -2.42. The van der Waals surface area contributed by atoms with Crippen LogP contribution in [0.3, 0.4) is 0 Å². The van der Waals surface area contributed by atoms with E-state index in [1.807, 2.05) is 19.3 Å². The molecule has 2 rings (SSSR count). The van der Waals surface area contributed by atoms with Crippen LogP contribution in [-0.2, 0) is 6.54 Å². The largest absolute Gasteiger partial charge is 0.396 e. The van der Waals surface area contributed by atoms with Gasteiger partial charge in [0.25, 0.3) is 0 Å². The van der Waals surface area contributed by atoms with Crippen LogP contribution in [-0.4, -0.2) is 45.3 Å². The highest BCUT2D eigenvalue weighted by molar-refractivity contribution is 4.89. The maximum atomic E-state index is 8.94. The Morgan fingerprint density at radius 3 is 2.82 bits per heavy atom. The molecule has 0 amide bonds. The number of hydrogen-bond donors (Lipinski definition) is 1. The molecule has 1 N–H and O–H groups in total. The van der Waals surface area contributed by atoms with Gasteiger partial charge in [-0.05, 0) is 26.2 Å². The minimum absolute atomic E-state index is 0.299. The Kier molecular flexibility index (Phi) is 4.57. The highest BCUT2D eigenvalue weighted by atomic mass is 16.3. The molecule has 4 heteroatoms. The van der Waals surface area contributed by atoms with Crippen LogP contribution in [0.25, 0.3) is 0 Å². The molecule has 0 aliphatic heterocycles. The normalized spacial score (nSPS) is 16.4. The Morgan fingerprint density at radius 2 is 2.29 bits per heavy atom. The van der Waals surface area contributed by atoms with Crippen LogP contribution in [0.2, 0.25) is 0 Å². The second-order valence-corrected chi connectivity index (χ2v) is 4.87. The molecule has 0 aromatic carbocycles. The summed E-state index contributed by atoms with van der Waals surface area (Å²) in [7, 11) is 0. The quantitative estimate of drug-likeness (QED) is 0.780. The Labute approximate surface area is 103 Å². The Balaban J connectivity index is 1.82. The van der Waals surface area contributed by atoms with Gasteiger partial charge < -0.3 is 9.67 Å². The molecule has 0 atom stereocenters. The fourth-order valence-electron chi connectivity index (χ4n) is 2.38. The Morgan fingerprint density at radius 1 is 1.47 bits per heavy atom. The Hall–Kier alpha value is -0.870. The van der Waals surface area contributed by atoms with Crippen molar-refractivity contribution in [3.63, 3.8) is 0 Å².